The van der Waals surface area contributed by atoms with Gasteiger partial charge in [-0.3, -0.25) is 9.69 Å². The van der Waals surface area contributed by atoms with Gasteiger partial charge in [-0.05, 0) is 56.9 Å². The molecule has 0 saturated carbocycles. The number of carbonyl (C=O) groups is 1. The van der Waals surface area contributed by atoms with Crippen LogP contribution in [0.15, 0.2) is 42.6 Å². The maximum atomic E-state index is 12.4. The van der Waals surface area contributed by atoms with E-state index in [0.29, 0.717) is 18.7 Å². The molecular formula is C20H29N3O2. The predicted molar refractivity (Wildman–Crippen MR) is 101 cm³/mol. The van der Waals surface area contributed by atoms with Crippen LogP contribution < -0.4 is 10.1 Å². The summed E-state index contributed by atoms with van der Waals surface area (Å²) in [6.45, 7) is 3.40. The van der Waals surface area contributed by atoms with Gasteiger partial charge in [-0.25, -0.2) is 0 Å². The minimum absolute atomic E-state index is 0.0684. The molecule has 1 amide bonds. The molecule has 1 aromatic heterocycles. The molecule has 0 aliphatic heterocycles. The summed E-state index contributed by atoms with van der Waals surface area (Å²) in [7, 11) is 6.06. The Kier molecular flexibility index (Phi) is 7.07. The van der Waals surface area contributed by atoms with E-state index < -0.39 is 0 Å². The molecule has 0 aliphatic rings. The Hall–Kier alpha value is -2.27. The van der Waals surface area contributed by atoms with E-state index in [-0.39, 0.29) is 11.9 Å². The third-order valence-electron chi connectivity index (χ3n) is 4.29. The van der Waals surface area contributed by atoms with Crippen LogP contribution in [0.3, 0.4) is 0 Å². The van der Waals surface area contributed by atoms with Crippen LogP contribution in [0.2, 0.25) is 0 Å². The van der Waals surface area contributed by atoms with E-state index in [0.717, 1.165) is 18.6 Å². The smallest absolute Gasteiger partial charge is 0.251 e. The van der Waals surface area contributed by atoms with Gasteiger partial charge in [0.1, 0.15) is 5.75 Å². The zero-order valence-electron chi connectivity index (χ0n) is 15.7. The Labute approximate surface area is 150 Å². The van der Waals surface area contributed by atoms with Crippen LogP contribution in [0.25, 0.3) is 0 Å². The zero-order chi connectivity index (χ0) is 18.2. The first-order valence-corrected chi connectivity index (χ1v) is 8.81. The van der Waals surface area contributed by atoms with Crippen molar-refractivity contribution >= 4 is 5.91 Å². The van der Waals surface area contributed by atoms with E-state index in [2.05, 4.69) is 27.8 Å². The zero-order valence-corrected chi connectivity index (χ0v) is 15.7. The molecule has 0 saturated heterocycles. The van der Waals surface area contributed by atoms with Crippen LogP contribution in [0.4, 0.5) is 0 Å². The molecule has 0 bridgehead atoms. The lowest BCUT2D eigenvalue weighted by molar-refractivity contribution is 0.0941. The quantitative estimate of drug-likeness (QED) is 0.711. The maximum absolute atomic E-state index is 12.4. The van der Waals surface area contributed by atoms with Crippen LogP contribution in [0.1, 0.15) is 41.9 Å². The van der Waals surface area contributed by atoms with Gasteiger partial charge in [0.25, 0.3) is 5.91 Å². The van der Waals surface area contributed by atoms with Gasteiger partial charge in [0.2, 0.25) is 0 Å². The van der Waals surface area contributed by atoms with E-state index in [9.17, 15) is 4.79 Å². The van der Waals surface area contributed by atoms with Gasteiger partial charge >= 0.3 is 0 Å². The Balaban J connectivity index is 1.93. The van der Waals surface area contributed by atoms with E-state index in [4.69, 9.17) is 4.74 Å². The van der Waals surface area contributed by atoms with Crippen molar-refractivity contribution in [2.24, 2.45) is 7.05 Å². The highest BCUT2D eigenvalue weighted by atomic mass is 16.5. The maximum Gasteiger partial charge on any atom is 0.251 e. The second kappa shape index (κ2) is 9.28. The molecule has 0 fully saturated rings. The lowest BCUT2D eigenvalue weighted by Crippen LogP contribution is -2.35. The number of aryl methyl sites for hydroxylation is 1. The Morgan fingerprint density at radius 2 is 1.96 bits per heavy atom. The van der Waals surface area contributed by atoms with Crippen LogP contribution >= 0.6 is 0 Å². The highest BCUT2D eigenvalue weighted by molar-refractivity contribution is 5.94. The van der Waals surface area contributed by atoms with E-state index in [1.165, 1.54) is 5.69 Å². The highest BCUT2D eigenvalue weighted by Gasteiger charge is 2.18. The molecule has 2 rings (SSSR count). The van der Waals surface area contributed by atoms with Crippen LogP contribution in [-0.4, -0.2) is 42.6 Å². The molecule has 0 aliphatic carbocycles. The normalized spacial score (nSPS) is 12.2. The largest absolute Gasteiger partial charge is 0.494 e. The van der Waals surface area contributed by atoms with Gasteiger partial charge in [0.15, 0.2) is 0 Å². The SMILES string of the molecule is CCCCOc1ccc(C(=O)NCC(c2cccn2C)N(C)C)cc1. The van der Waals surface area contributed by atoms with Crippen molar-refractivity contribution in [3.63, 3.8) is 0 Å². The number of rotatable bonds is 9. The van der Waals surface area contributed by atoms with Crippen molar-refractivity contribution in [2.45, 2.75) is 25.8 Å². The van der Waals surface area contributed by atoms with Crippen LogP contribution in [0, 0.1) is 0 Å². The third kappa shape index (κ3) is 5.36. The van der Waals surface area contributed by atoms with Gasteiger partial charge in [0.05, 0.1) is 12.6 Å². The van der Waals surface area contributed by atoms with Crippen molar-refractivity contribution in [3.05, 3.63) is 53.9 Å². The van der Waals surface area contributed by atoms with Gasteiger partial charge in [0, 0.05) is 31.0 Å². The Morgan fingerprint density at radius 1 is 1.24 bits per heavy atom. The monoisotopic (exact) mass is 343 g/mol. The number of hydrogen-bond donors (Lipinski definition) is 1. The summed E-state index contributed by atoms with van der Waals surface area (Å²) in [5, 5.41) is 3.03. The van der Waals surface area contributed by atoms with Crippen molar-refractivity contribution in [3.8, 4) is 5.75 Å². The van der Waals surface area contributed by atoms with Gasteiger partial charge in [-0.15, -0.1) is 0 Å². The molecule has 0 spiro atoms. The highest BCUT2D eigenvalue weighted by Crippen LogP contribution is 2.18. The summed E-state index contributed by atoms with van der Waals surface area (Å²) in [4.78, 5) is 14.5. The molecular weight excluding hydrogens is 314 g/mol. The minimum Gasteiger partial charge on any atom is -0.494 e. The van der Waals surface area contributed by atoms with E-state index in [1.54, 1.807) is 0 Å². The molecule has 1 atom stereocenters. The number of carbonyl (C=O) groups excluding carboxylic acids is 1. The number of aromatic nitrogens is 1. The summed E-state index contributed by atoms with van der Waals surface area (Å²) in [6, 6.07) is 11.6. The van der Waals surface area contributed by atoms with E-state index >= 15 is 0 Å². The fraction of sp³-hybridized carbons (Fsp3) is 0.450. The second-order valence-electron chi connectivity index (χ2n) is 6.46. The molecule has 2 aromatic rings. The fourth-order valence-corrected chi connectivity index (χ4v) is 2.70. The predicted octanol–water partition coefficient (Wildman–Crippen LogP) is 3.24. The van der Waals surface area contributed by atoms with Gasteiger partial charge in [-0.2, -0.15) is 0 Å². The topological polar surface area (TPSA) is 46.5 Å². The number of hydrogen-bond acceptors (Lipinski definition) is 3. The summed E-state index contributed by atoms with van der Waals surface area (Å²) in [5.74, 6) is 0.737. The fourth-order valence-electron chi connectivity index (χ4n) is 2.70. The number of amides is 1. The first-order valence-electron chi connectivity index (χ1n) is 8.81. The molecule has 1 heterocycles. The molecule has 1 aromatic carbocycles. The lowest BCUT2D eigenvalue weighted by Gasteiger charge is -2.25. The molecule has 1 N–H and O–H groups in total. The second-order valence-corrected chi connectivity index (χ2v) is 6.46. The van der Waals surface area contributed by atoms with E-state index in [1.807, 2.05) is 57.7 Å². The Bertz CT molecular complexity index is 662. The standard InChI is InChI=1S/C20H29N3O2/c1-5-6-14-25-17-11-9-16(10-12-17)20(24)21-15-19(22(2)3)18-8-7-13-23(18)4/h7-13,19H,5-6,14-15H2,1-4H3,(H,21,24). The average Bonchev–Trinajstić information content (AvgIpc) is 3.01. The average molecular weight is 343 g/mol. The van der Waals surface area contributed by atoms with Gasteiger partial charge < -0.3 is 14.6 Å². The van der Waals surface area contributed by atoms with Gasteiger partial charge in [-0.1, -0.05) is 13.3 Å². The van der Waals surface area contributed by atoms with Crippen LogP contribution in [-0.2, 0) is 7.05 Å². The number of unbranched alkanes of at least 4 members (excludes halogenated alkanes) is 1. The lowest BCUT2D eigenvalue weighted by atomic mass is 10.1. The molecule has 1 unspecified atom stereocenters. The number of nitrogens with one attached hydrogen (secondary N) is 1. The molecule has 0 radical (unpaired) electrons. The molecule has 25 heavy (non-hydrogen) atoms. The summed E-state index contributed by atoms with van der Waals surface area (Å²) < 4.78 is 7.71. The molecule has 5 heteroatoms. The first-order chi connectivity index (χ1) is 12.0. The number of likely N-dealkylation sites (N-methyl/N-ethyl adjacent to an activating group) is 1. The number of nitrogens with zero attached hydrogens (tertiary/aromatic N) is 2. The summed E-state index contributed by atoms with van der Waals surface area (Å²) in [6.07, 6.45) is 4.16. The molecule has 136 valence electrons. The molecule has 5 nitrogen and oxygen atoms in total. The Morgan fingerprint density at radius 3 is 2.52 bits per heavy atom. The van der Waals surface area contributed by atoms with Crippen molar-refractivity contribution in [1.29, 1.82) is 0 Å². The van der Waals surface area contributed by atoms with Crippen molar-refractivity contribution in [1.82, 2.24) is 14.8 Å². The third-order valence-corrected chi connectivity index (χ3v) is 4.29. The van der Waals surface area contributed by atoms with Crippen molar-refractivity contribution in [2.75, 3.05) is 27.2 Å². The number of benzene rings is 1. The van der Waals surface area contributed by atoms with Crippen LogP contribution in [0.5, 0.6) is 5.75 Å². The number of ether oxygens (including phenoxy) is 1. The summed E-state index contributed by atoms with van der Waals surface area (Å²) in [5.41, 5.74) is 1.82. The summed E-state index contributed by atoms with van der Waals surface area (Å²) >= 11 is 0. The minimum atomic E-state index is -0.0684. The van der Waals surface area contributed by atoms with Crippen molar-refractivity contribution < 1.29 is 9.53 Å². The first kappa shape index (κ1) is 19.1.